The summed E-state index contributed by atoms with van der Waals surface area (Å²) in [6, 6.07) is 25.6. The summed E-state index contributed by atoms with van der Waals surface area (Å²) < 4.78 is 1.80. The number of carbonyl (C=O) groups excluding carboxylic acids is 2. The average molecular weight is 423 g/mol. The number of anilines is 2. The van der Waals surface area contributed by atoms with Gasteiger partial charge in [0.25, 0.3) is 0 Å². The van der Waals surface area contributed by atoms with Crippen molar-refractivity contribution in [1.82, 2.24) is 9.78 Å². The van der Waals surface area contributed by atoms with E-state index in [-0.39, 0.29) is 5.91 Å². The molecule has 0 atom stereocenters. The smallest absolute Gasteiger partial charge is 0.316 e. The van der Waals surface area contributed by atoms with E-state index in [1.54, 1.807) is 35.0 Å². The minimum absolute atomic E-state index is 0.285. The van der Waals surface area contributed by atoms with Crippen LogP contribution >= 0.6 is 0 Å². The van der Waals surface area contributed by atoms with E-state index in [9.17, 15) is 9.59 Å². The summed E-state index contributed by atoms with van der Waals surface area (Å²) in [5.74, 6) is -0.285. The molecule has 4 aromatic rings. The van der Waals surface area contributed by atoms with Gasteiger partial charge in [-0.15, -0.1) is 0 Å². The minimum Gasteiger partial charge on any atom is -0.351 e. The molecule has 4 N–H and O–H groups in total. The van der Waals surface area contributed by atoms with Crippen molar-refractivity contribution in [2.24, 2.45) is 5.73 Å². The van der Waals surface area contributed by atoms with Gasteiger partial charge in [-0.05, 0) is 42.5 Å². The Bertz CT molecular complexity index is 1250. The Kier molecular flexibility index (Phi) is 6.08. The molecular weight excluding hydrogens is 402 g/mol. The van der Waals surface area contributed by atoms with E-state index in [1.807, 2.05) is 66.9 Å². The summed E-state index contributed by atoms with van der Waals surface area (Å²) in [6.07, 6.45) is 5.10. The Morgan fingerprint density at radius 1 is 0.812 bits per heavy atom. The maximum absolute atomic E-state index is 12.5. The van der Waals surface area contributed by atoms with E-state index in [0.29, 0.717) is 11.4 Å². The van der Waals surface area contributed by atoms with Crippen LogP contribution in [0.1, 0.15) is 5.56 Å². The number of rotatable bonds is 6. The number of nitrogens with two attached hydrogens (primary N) is 1. The Balaban J connectivity index is 1.55. The summed E-state index contributed by atoms with van der Waals surface area (Å²) in [7, 11) is 0. The predicted molar refractivity (Wildman–Crippen MR) is 126 cm³/mol. The fourth-order valence-electron chi connectivity index (χ4n) is 3.17. The first kappa shape index (κ1) is 20.6. The highest BCUT2D eigenvalue weighted by Crippen LogP contribution is 2.24. The highest BCUT2D eigenvalue weighted by molar-refractivity contribution is 6.02. The van der Waals surface area contributed by atoms with E-state index in [0.717, 1.165) is 22.5 Å². The summed E-state index contributed by atoms with van der Waals surface area (Å²) in [6.45, 7) is 0. The van der Waals surface area contributed by atoms with Crippen LogP contribution in [0.5, 0.6) is 0 Å². The zero-order chi connectivity index (χ0) is 22.3. The van der Waals surface area contributed by atoms with Crippen LogP contribution in [-0.2, 0) is 4.79 Å². The third-order valence-electron chi connectivity index (χ3n) is 4.64. The van der Waals surface area contributed by atoms with E-state index in [2.05, 4.69) is 10.6 Å². The molecule has 1 aromatic heterocycles. The average Bonchev–Trinajstić information content (AvgIpc) is 3.24. The van der Waals surface area contributed by atoms with Crippen molar-refractivity contribution in [3.8, 4) is 16.9 Å². The SMILES string of the molecule is NC(=O)Nc1ccc(NC(=O)/C=C/c2cn(-c3ccccc3)nc2-c2ccccc2)cc1. The lowest BCUT2D eigenvalue weighted by Crippen LogP contribution is -2.19. The molecule has 1 heterocycles. The van der Waals surface area contributed by atoms with Gasteiger partial charge >= 0.3 is 6.03 Å². The predicted octanol–water partition coefficient (Wildman–Crippen LogP) is 4.68. The maximum atomic E-state index is 12.5. The molecule has 7 heteroatoms. The molecule has 0 spiro atoms. The van der Waals surface area contributed by atoms with Crippen molar-refractivity contribution in [3.05, 3.63) is 103 Å². The van der Waals surface area contributed by atoms with Crippen LogP contribution in [-0.4, -0.2) is 21.7 Å². The van der Waals surface area contributed by atoms with Crippen molar-refractivity contribution in [2.45, 2.75) is 0 Å². The second-order valence-electron chi connectivity index (χ2n) is 6.97. The van der Waals surface area contributed by atoms with E-state index in [1.165, 1.54) is 6.08 Å². The lowest BCUT2D eigenvalue weighted by atomic mass is 10.1. The largest absolute Gasteiger partial charge is 0.351 e. The normalized spacial score (nSPS) is 10.8. The Morgan fingerprint density at radius 2 is 1.41 bits per heavy atom. The highest BCUT2D eigenvalue weighted by Gasteiger charge is 2.10. The highest BCUT2D eigenvalue weighted by atomic mass is 16.2. The number of benzene rings is 3. The number of hydrogen-bond donors (Lipinski definition) is 3. The van der Waals surface area contributed by atoms with Crippen molar-refractivity contribution in [3.63, 3.8) is 0 Å². The molecule has 0 bridgehead atoms. The molecule has 0 aliphatic carbocycles. The van der Waals surface area contributed by atoms with E-state index in [4.69, 9.17) is 10.8 Å². The molecule has 0 radical (unpaired) electrons. The van der Waals surface area contributed by atoms with Gasteiger partial charge in [-0.3, -0.25) is 4.79 Å². The van der Waals surface area contributed by atoms with Gasteiger partial charge in [-0.1, -0.05) is 48.5 Å². The quantitative estimate of drug-likeness (QED) is 0.392. The first-order valence-corrected chi connectivity index (χ1v) is 9.94. The number of nitrogens with zero attached hydrogens (tertiary/aromatic N) is 2. The van der Waals surface area contributed by atoms with Gasteiger partial charge in [0.1, 0.15) is 0 Å². The van der Waals surface area contributed by atoms with Gasteiger partial charge in [0.15, 0.2) is 0 Å². The van der Waals surface area contributed by atoms with Crippen molar-refractivity contribution < 1.29 is 9.59 Å². The molecule has 0 fully saturated rings. The lowest BCUT2D eigenvalue weighted by molar-refractivity contribution is -0.111. The molecule has 0 unspecified atom stereocenters. The maximum Gasteiger partial charge on any atom is 0.316 e. The van der Waals surface area contributed by atoms with Crippen LogP contribution in [0.2, 0.25) is 0 Å². The fourth-order valence-corrected chi connectivity index (χ4v) is 3.17. The Hall–Kier alpha value is -4.65. The number of nitrogens with one attached hydrogen (secondary N) is 2. The van der Waals surface area contributed by atoms with E-state index < -0.39 is 6.03 Å². The van der Waals surface area contributed by atoms with Gasteiger partial charge < -0.3 is 16.4 Å². The molecule has 0 saturated heterocycles. The topological polar surface area (TPSA) is 102 Å². The van der Waals surface area contributed by atoms with Crippen LogP contribution in [0.25, 0.3) is 23.0 Å². The monoisotopic (exact) mass is 423 g/mol. The van der Waals surface area contributed by atoms with Crippen LogP contribution in [0.3, 0.4) is 0 Å². The van der Waals surface area contributed by atoms with Crippen LogP contribution < -0.4 is 16.4 Å². The summed E-state index contributed by atoms with van der Waals surface area (Å²) >= 11 is 0. The summed E-state index contributed by atoms with van der Waals surface area (Å²) in [4.78, 5) is 23.4. The number of aromatic nitrogens is 2. The molecule has 4 rings (SSSR count). The molecule has 3 amide bonds. The van der Waals surface area contributed by atoms with Crippen LogP contribution in [0.4, 0.5) is 16.2 Å². The fraction of sp³-hybridized carbons (Fsp3) is 0. The zero-order valence-electron chi connectivity index (χ0n) is 17.1. The standard InChI is InChI=1S/C25H21N5O2/c26-25(32)28-21-14-12-20(13-15-21)27-23(31)16-11-19-17-30(22-9-5-2-6-10-22)29-24(19)18-7-3-1-4-8-18/h1-17H,(H,27,31)(H3,26,28,32)/b16-11+. The third-order valence-corrected chi connectivity index (χ3v) is 4.64. The number of urea groups is 1. The van der Waals surface area contributed by atoms with Crippen molar-refractivity contribution in [2.75, 3.05) is 10.6 Å². The van der Waals surface area contributed by atoms with Crippen molar-refractivity contribution in [1.29, 1.82) is 0 Å². The molecule has 32 heavy (non-hydrogen) atoms. The Morgan fingerprint density at radius 3 is 2.03 bits per heavy atom. The van der Waals surface area contributed by atoms with Gasteiger partial charge in [0.05, 0.1) is 11.4 Å². The second kappa shape index (κ2) is 9.44. The minimum atomic E-state index is -0.644. The third kappa shape index (κ3) is 5.09. The number of hydrogen-bond acceptors (Lipinski definition) is 3. The number of primary amides is 1. The molecule has 0 saturated carbocycles. The molecule has 0 aliphatic rings. The van der Waals surface area contributed by atoms with Crippen molar-refractivity contribution >= 4 is 29.4 Å². The number of amides is 3. The molecule has 158 valence electrons. The molecule has 0 aliphatic heterocycles. The van der Waals surface area contributed by atoms with Gasteiger partial charge in [0.2, 0.25) is 5.91 Å². The molecule has 7 nitrogen and oxygen atoms in total. The van der Waals surface area contributed by atoms with Crippen LogP contribution in [0.15, 0.2) is 97.2 Å². The van der Waals surface area contributed by atoms with Gasteiger partial charge in [-0.2, -0.15) is 5.10 Å². The first-order chi connectivity index (χ1) is 15.6. The van der Waals surface area contributed by atoms with Gasteiger partial charge in [-0.25, -0.2) is 9.48 Å². The second-order valence-corrected chi connectivity index (χ2v) is 6.97. The molecule has 3 aromatic carbocycles. The molecular formula is C25H21N5O2. The van der Waals surface area contributed by atoms with Crippen LogP contribution in [0, 0.1) is 0 Å². The Labute approximate surface area is 185 Å². The number of para-hydroxylation sites is 1. The lowest BCUT2D eigenvalue weighted by Gasteiger charge is -2.05. The summed E-state index contributed by atoms with van der Waals surface area (Å²) in [5.41, 5.74) is 9.72. The summed E-state index contributed by atoms with van der Waals surface area (Å²) in [5, 5.41) is 10.0. The first-order valence-electron chi connectivity index (χ1n) is 9.94. The zero-order valence-corrected chi connectivity index (χ0v) is 17.1. The van der Waals surface area contributed by atoms with Gasteiger partial charge in [0, 0.05) is 34.8 Å². The van der Waals surface area contributed by atoms with E-state index >= 15 is 0 Å². The number of carbonyl (C=O) groups is 2.